The van der Waals surface area contributed by atoms with Crippen LogP contribution in [0.1, 0.15) is 18.1 Å². The first-order chi connectivity index (χ1) is 11.7. The Labute approximate surface area is 150 Å². The van der Waals surface area contributed by atoms with Crippen molar-refractivity contribution in [2.24, 2.45) is 5.10 Å². The predicted octanol–water partition coefficient (Wildman–Crippen LogP) is 3.99. The van der Waals surface area contributed by atoms with Gasteiger partial charge in [0, 0.05) is 5.56 Å². The summed E-state index contributed by atoms with van der Waals surface area (Å²) in [6, 6.07) is 11.6. The molecule has 0 heterocycles. The zero-order valence-corrected chi connectivity index (χ0v) is 15.6. The molecule has 0 bridgehead atoms. The SMILES string of the molecule is CCOc1c(Br)cc(/C=N/NCc2ccccc2OC)cc1OC. The fraction of sp³-hybridized carbons (Fsp3) is 0.278. The summed E-state index contributed by atoms with van der Waals surface area (Å²) in [5.74, 6) is 2.20. The molecule has 0 aliphatic rings. The third-order valence-electron chi connectivity index (χ3n) is 3.31. The van der Waals surface area contributed by atoms with Gasteiger partial charge in [0.1, 0.15) is 5.75 Å². The van der Waals surface area contributed by atoms with Crippen molar-refractivity contribution in [2.75, 3.05) is 20.8 Å². The van der Waals surface area contributed by atoms with Gasteiger partial charge >= 0.3 is 0 Å². The quantitative estimate of drug-likeness (QED) is 0.544. The van der Waals surface area contributed by atoms with Crippen LogP contribution in [-0.4, -0.2) is 27.0 Å². The molecule has 0 amide bonds. The Morgan fingerprint density at radius 3 is 2.58 bits per heavy atom. The number of para-hydroxylation sites is 1. The second kappa shape index (κ2) is 9.17. The van der Waals surface area contributed by atoms with E-state index in [1.165, 1.54) is 0 Å². The molecule has 0 unspecified atom stereocenters. The molecule has 0 spiro atoms. The molecule has 0 radical (unpaired) electrons. The highest BCUT2D eigenvalue weighted by Crippen LogP contribution is 2.36. The van der Waals surface area contributed by atoms with Crippen LogP contribution in [0.15, 0.2) is 46.0 Å². The number of rotatable bonds is 8. The molecule has 0 aliphatic carbocycles. The molecule has 128 valence electrons. The molecule has 0 fully saturated rings. The Bertz CT molecular complexity index is 705. The second-order valence-corrected chi connectivity index (χ2v) is 5.73. The molecule has 2 rings (SSSR count). The number of ether oxygens (including phenoxy) is 3. The first-order valence-electron chi connectivity index (χ1n) is 7.57. The maximum atomic E-state index is 5.58. The van der Waals surface area contributed by atoms with Gasteiger partial charge in [-0.25, -0.2) is 0 Å². The number of benzene rings is 2. The highest BCUT2D eigenvalue weighted by Gasteiger charge is 2.10. The lowest BCUT2D eigenvalue weighted by Crippen LogP contribution is -2.07. The number of nitrogens with zero attached hydrogens (tertiary/aromatic N) is 1. The molecule has 0 saturated carbocycles. The summed E-state index contributed by atoms with van der Waals surface area (Å²) in [5, 5.41) is 4.26. The summed E-state index contributed by atoms with van der Waals surface area (Å²) >= 11 is 3.50. The topological polar surface area (TPSA) is 52.1 Å². The third kappa shape index (κ3) is 4.64. The van der Waals surface area contributed by atoms with E-state index in [2.05, 4.69) is 26.5 Å². The average molecular weight is 393 g/mol. The third-order valence-corrected chi connectivity index (χ3v) is 3.90. The van der Waals surface area contributed by atoms with Gasteiger partial charge in [-0.2, -0.15) is 5.10 Å². The van der Waals surface area contributed by atoms with Crippen molar-refractivity contribution in [2.45, 2.75) is 13.5 Å². The van der Waals surface area contributed by atoms with Crippen LogP contribution in [0.25, 0.3) is 0 Å². The maximum absolute atomic E-state index is 5.58. The second-order valence-electron chi connectivity index (χ2n) is 4.87. The van der Waals surface area contributed by atoms with E-state index in [9.17, 15) is 0 Å². The van der Waals surface area contributed by atoms with Gasteiger partial charge in [0.2, 0.25) is 0 Å². The van der Waals surface area contributed by atoms with Crippen molar-refractivity contribution >= 4 is 22.1 Å². The maximum Gasteiger partial charge on any atom is 0.175 e. The normalized spacial score (nSPS) is 10.7. The Morgan fingerprint density at radius 1 is 1.12 bits per heavy atom. The predicted molar refractivity (Wildman–Crippen MR) is 99.3 cm³/mol. The molecule has 0 aromatic heterocycles. The smallest absolute Gasteiger partial charge is 0.175 e. The van der Waals surface area contributed by atoms with E-state index in [0.717, 1.165) is 21.3 Å². The summed E-state index contributed by atoms with van der Waals surface area (Å²) < 4.78 is 17.1. The summed E-state index contributed by atoms with van der Waals surface area (Å²) in [7, 11) is 3.27. The van der Waals surface area contributed by atoms with Crippen molar-refractivity contribution in [1.29, 1.82) is 0 Å². The summed E-state index contributed by atoms with van der Waals surface area (Å²) in [6.07, 6.45) is 1.73. The van der Waals surface area contributed by atoms with Crippen LogP contribution < -0.4 is 19.6 Å². The number of hydrogen-bond donors (Lipinski definition) is 1. The zero-order valence-electron chi connectivity index (χ0n) is 14.0. The van der Waals surface area contributed by atoms with E-state index in [-0.39, 0.29) is 0 Å². The van der Waals surface area contributed by atoms with Crippen molar-refractivity contribution in [3.8, 4) is 17.2 Å². The monoisotopic (exact) mass is 392 g/mol. The molecule has 2 aromatic rings. The van der Waals surface area contributed by atoms with Crippen LogP contribution in [0, 0.1) is 0 Å². The van der Waals surface area contributed by atoms with Crippen LogP contribution in [0.5, 0.6) is 17.2 Å². The molecule has 0 atom stereocenters. The van der Waals surface area contributed by atoms with E-state index in [0.29, 0.717) is 24.7 Å². The fourth-order valence-corrected chi connectivity index (χ4v) is 2.77. The highest BCUT2D eigenvalue weighted by atomic mass is 79.9. The first-order valence-corrected chi connectivity index (χ1v) is 8.37. The first kappa shape index (κ1) is 18.1. The summed E-state index contributed by atoms with van der Waals surface area (Å²) in [6.45, 7) is 3.09. The van der Waals surface area contributed by atoms with E-state index < -0.39 is 0 Å². The van der Waals surface area contributed by atoms with E-state index in [1.807, 2.05) is 43.3 Å². The number of halogens is 1. The van der Waals surface area contributed by atoms with Crippen molar-refractivity contribution < 1.29 is 14.2 Å². The van der Waals surface area contributed by atoms with Crippen LogP contribution >= 0.6 is 15.9 Å². The van der Waals surface area contributed by atoms with Crippen LogP contribution in [0.4, 0.5) is 0 Å². The molecule has 0 aliphatic heterocycles. The molecule has 5 nitrogen and oxygen atoms in total. The minimum Gasteiger partial charge on any atom is -0.496 e. The Balaban J connectivity index is 2.05. The van der Waals surface area contributed by atoms with Gasteiger partial charge in [-0.3, -0.25) is 0 Å². The largest absolute Gasteiger partial charge is 0.496 e. The Morgan fingerprint density at radius 2 is 1.88 bits per heavy atom. The van der Waals surface area contributed by atoms with E-state index in [1.54, 1.807) is 20.4 Å². The van der Waals surface area contributed by atoms with Gasteiger partial charge in [-0.1, -0.05) is 18.2 Å². The van der Waals surface area contributed by atoms with Crippen molar-refractivity contribution in [1.82, 2.24) is 5.43 Å². The molecule has 0 saturated heterocycles. The molecular weight excluding hydrogens is 372 g/mol. The lowest BCUT2D eigenvalue weighted by molar-refractivity contribution is 0.309. The highest BCUT2D eigenvalue weighted by molar-refractivity contribution is 9.10. The summed E-state index contributed by atoms with van der Waals surface area (Å²) in [4.78, 5) is 0. The van der Waals surface area contributed by atoms with Gasteiger partial charge in [0.15, 0.2) is 11.5 Å². The standard InChI is InChI=1S/C18H21BrN2O3/c1-4-24-18-15(19)9-13(10-17(18)23-3)11-20-21-12-14-7-5-6-8-16(14)22-2/h5-11,21H,4,12H2,1-3H3/b20-11+. The van der Waals surface area contributed by atoms with Crippen LogP contribution in [0.2, 0.25) is 0 Å². The number of methoxy groups -OCH3 is 2. The van der Waals surface area contributed by atoms with Gasteiger partial charge < -0.3 is 19.6 Å². The molecule has 2 aromatic carbocycles. The lowest BCUT2D eigenvalue weighted by Gasteiger charge is -2.12. The van der Waals surface area contributed by atoms with E-state index >= 15 is 0 Å². The summed E-state index contributed by atoms with van der Waals surface area (Å²) in [5.41, 5.74) is 4.97. The van der Waals surface area contributed by atoms with Crippen molar-refractivity contribution in [3.63, 3.8) is 0 Å². The number of nitrogens with one attached hydrogen (secondary N) is 1. The average Bonchev–Trinajstić information content (AvgIpc) is 2.61. The van der Waals surface area contributed by atoms with Gasteiger partial charge in [0.25, 0.3) is 0 Å². The molecule has 6 heteroatoms. The number of hydrogen-bond acceptors (Lipinski definition) is 5. The van der Waals surface area contributed by atoms with Crippen molar-refractivity contribution in [3.05, 3.63) is 52.0 Å². The van der Waals surface area contributed by atoms with Crippen LogP contribution in [0.3, 0.4) is 0 Å². The minimum absolute atomic E-state index is 0.572. The van der Waals surface area contributed by atoms with Gasteiger partial charge in [-0.15, -0.1) is 0 Å². The minimum atomic E-state index is 0.572. The molecule has 1 N–H and O–H groups in total. The lowest BCUT2D eigenvalue weighted by atomic mass is 10.2. The molecule has 24 heavy (non-hydrogen) atoms. The fourth-order valence-electron chi connectivity index (χ4n) is 2.20. The molecular formula is C18H21BrN2O3. The Kier molecular flexibility index (Phi) is 6.93. The zero-order chi connectivity index (χ0) is 17.4. The van der Waals surface area contributed by atoms with Gasteiger partial charge in [-0.05, 0) is 46.6 Å². The Hall–Kier alpha value is -2.21. The van der Waals surface area contributed by atoms with E-state index in [4.69, 9.17) is 14.2 Å². The van der Waals surface area contributed by atoms with Crippen LogP contribution in [-0.2, 0) is 6.54 Å². The number of hydrazone groups is 1. The van der Waals surface area contributed by atoms with Gasteiger partial charge in [0.05, 0.1) is 38.1 Å².